The van der Waals surface area contributed by atoms with Gasteiger partial charge in [-0.25, -0.2) is 0 Å². The monoisotopic (exact) mass is 356 g/mol. The summed E-state index contributed by atoms with van der Waals surface area (Å²) in [5.74, 6) is 3.89. The summed E-state index contributed by atoms with van der Waals surface area (Å²) in [6.07, 6.45) is 12.7. The predicted octanol–water partition coefficient (Wildman–Crippen LogP) is 5.72. The molecule has 0 unspecified atom stereocenters. The normalized spacial score (nSPS) is 36.3. The van der Waals surface area contributed by atoms with Crippen LogP contribution < -0.4 is 4.74 Å². The van der Waals surface area contributed by atoms with E-state index in [2.05, 4.69) is 31.2 Å². The average Bonchev–Trinajstić information content (AvgIpc) is 2.64. The summed E-state index contributed by atoms with van der Waals surface area (Å²) < 4.78 is 5.36. The second-order valence-electron chi connectivity index (χ2n) is 9.47. The fourth-order valence-corrected chi connectivity index (χ4v) is 6.96. The molecular weight excluding hydrogens is 320 g/mol. The Labute approximate surface area is 159 Å². The Morgan fingerprint density at radius 3 is 2.35 bits per heavy atom. The van der Waals surface area contributed by atoms with E-state index < -0.39 is 0 Å². The minimum absolute atomic E-state index is 0.0604. The summed E-state index contributed by atoms with van der Waals surface area (Å²) in [5, 5.41) is 11.0. The van der Waals surface area contributed by atoms with Crippen LogP contribution in [0.5, 0.6) is 5.75 Å². The van der Waals surface area contributed by atoms with Gasteiger partial charge in [-0.05, 0) is 85.3 Å². The molecule has 0 spiro atoms. The van der Waals surface area contributed by atoms with E-state index in [1.54, 1.807) is 7.11 Å². The number of aliphatic hydroxyl groups is 1. The number of rotatable bonds is 8. The molecule has 0 heterocycles. The second-order valence-corrected chi connectivity index (χ2v) is 9.47. The van der Waals surface area contributed by atoms with Gasteiger partial charge in [-0.2, -0.15) is 0 Å². The second kappa shape index (κ2) is 7.54. The number of hydrogen-bond donors (Lipinski definition) is 1. The number of unbranched alkanes of at least 4 members (excludes halogenated alkanes) is 3. The maximum Gasteiger partial charge on any atom is 0.118 e. The molecule has 0 amide bonds. The van der Waals surface area contributed by atoms with E-state index in [9.17, 15) is 5.11 Å². The molecule has 26 heavy (non-hydrogen) atoms. The average molecular weight is 357 g/mol. The number of methoxy groups -OCH3 is 1. The van der Waals surface area contributed by atoms with E-state index >= 15 is 0 Å². The highest BCUT2D eigenvalue weighted by Crippen LogP contribution is 2.63. The molecule has 0 radical (unpaired) electrons. The van der Waals surface area contributed by atoms with Gasteiger partial charge in [0.25, 0.3) is 0 Å². The fourth-order valence-electron chi connectivity index (χ4n) is 6.96. The summed E-state index contributed by atoms with van der Waals surface area (Å²) in [4.78, 5) is 0. The van der Waals surface area contributed by atoms with E-state index in [4.69, 9.17) is 4.74 Å². The van der Waals surface area contributed by atoms with Gasteiger partial charge in [0.15, 0.2) is 0 Å². The van der Waals surface area contributed by atoms with Gasteiger partial charge >= 0.3 is 0 Å². The lowest BCUT2D eigenvalue weighted by molar-refractivity contribution is -0.104. The lowest BCUT2D eigenvalue weighted by atomic mass is 9.44. The maximum absolute atomic E-state index is 11.0. The number of aliphatic hydroxyl groups excluding tert-OH is 1. The summed E-state index contributed by atoms with van der Waals surface area (Å²) in [7, 11) is 1.74. The molecule has 4 fully saturated rings. The SMILES string of the molecule is CCCCCC[C@H](O)C1[C@H]2CC3C[C@H]1CC(c1ccc(OC)cc1)(C3)C2. The zero-order chi connectivity index (χ0) is 18.1. The molecular formula is C24H36O2. The van der Waals surface area contributed by atoms with Crippen LogP contribution in [0.25, 0.3) is 0 Å². The number of ether oxygens (including phenoxy) is 1. The van der Waals surface area contributed by atoms with Crippen LogP contribution in [0, 0.1) is 23.7 Å². The number of benzene rings is 1. The van der Waals surface area contributed by atoms with Crippen molar-refractivity contribution in [2.45, 2.75) is 82.7 Å². The van der Waals surface area contributed by atoms with Crippen LogP contribution in [0.2, 0.25) is 0 Å². The van der Waals surface area contributed by atoms with E-state index in [-0.39, 0.29) is 6.10 Å². The van der Waals surface area contributed by atoms with E-state index in [1.165, 1.54) is 63.4 Å². The quantitative estimate of drug-likeness (QED) is 0.604. The zero-order valence-electron chi connectivity index (χ0n) is 16.6. The molecule has 2 nitrogen and oxygen atoms in total. The van der Waals surface area contributed by atoms with Crippen LogP contribution in [0.4, 0.5) is 0 Å². The Kier molecular flexibility index (Phi) is 5.32. The van der Waals surface area contributed by atoms with Gasteiger partial charge in [-0.3, -0.25) is 0 Å². The van der Waals surface area contributed by atoms with Gasteiger partial charge in [-0.1, -0.05) is 44.7 Å². The first kappa shape index (κ1) is 18.3. The Morgan fingerprint density at radius 1 is 1.04 bits per heavy atom. The molecule has 144 valence electrons. The minimum Gasteiger partial charge on any atom is -0.497 e. The third-order valence-electron chi connectivity index (χ3n) is 7.85. The van der Waals surface area contributed by atoms with Gasteiger partial charge < -0.3 is 9.84 Å². The third kappa shape index (κ3) is 3.30. The Morgan fingerprint density at radius 2 is 1.73 bits per heavy atom. The predicted molar refractivity (Wildman–Crippen MR) is 106 cm³/mol. The van der Waals surface area contributed by atoms with Crippen molar-refractivity contribution in [2.75, 3.05) is 7.11 Å². The standard InChI is InChI=1S/C24H36O2/c1-3-4-5-6-7-22(25)23-18-12-17-13-19(23)16-24(14-17,15-18)20-8-10-21(26-2)11-9-20/h8-11,17-19,22-23,25H,3-7,12-16H2,1-2H3/t17?,18-,19-,22-,23?,24?/m0/s1. The largest absolute Gasteiger partial charge is 0.497 e. The third-order valence-corrected chi connectivity index (χ3v) is 7.85. The molecule has 1 aromatic carbocycles. The zero-order valence-corrected chi connectivity index (χ0v) is 16.6. The van der Waals surface area contributed by atoms with Crippen molar-refractivity contribution in [1.82, 2.24) is 0 Å². The minimum atomic E-state index is -0.0604. The van der Waals surface area contributed by atoms with Crippen LogP contribution in [-0.2, 0) is 5.41 Å². The maximum atomic E-state index is 11.0. The van der Waals surface area contributed by atoms with E-state index in [0.29, 0.717) is 11.3 Å². The summed E-state index contributed by atoms with van der Waals surface area (Å²) >= 11 is 0. The summed E-state index contributed by atoms with van der Waals surface area (Å²) in [6.45, 7) is 2.26. The van der Waals surface area contributed by atoms with Gasteiger partial charge in [0.05, 0.1) is 13.2 Å². The van der Waals surface area contributed by atoms with Crippen molar-refractivity contribution in [2.24, 2.45) is 23.7 Å². The van der Waals surface area contributed by atoms with Crippen LogP contribution in [-0.4, -0.2) is 18.3 Å². The van der Waals surface area contributed by atoms with Gasteiger partial charge in [0.1, 0.15) is 5.75 Å². The lowest BCUT2D eigenvalue weighted by Crippen LogP contribution is -2.55. The summed E-state index contributed by atoms with van der Waals surface area (Å²) in [5.41, 5.74) is 1.90. The van der Waals surface area contributed by atoms with Crippen LogP contribution in [0.3, 0.4) is 0 Å². The first-order valence-electron chi connectivity index (χ1n) is 11.0. The van der Waals surface area contributed by atoms with Gasteiger partial charge in [0, 0.05) is 0 Å². The van der Waals surface area contributed by atoms with Crippen LogP contribution in [0.1, 0.15) is 76.7 Å². The molecule has 0 aromatic heterocycles. The number of hydrogen-bond acceptors (Lipinski definition) is 2. The molecule has 4 saturated carbocycles. The van der Waals surface area contributed by atoms with E-state index in [1.807, 2.05) is 0 Å². The topological polar surface area (TPSA) is 29.5 Å². The van der Waals surface area contributed by atoms with Crippen molar-refractivity contribution in [3.63, 3.8) is 0 Å². The Hall–Kier alpha value is -1.02. The van der Waals surface area contributed by atoms with Crippen molar-refractivity contribution in [3.8, 4) is 5.75 Å². The molecule has 1 aromatic rings. The molecule has 0 aliphatic heterocycles. The van der Waals surface area contributed by atoms with Gasteiger partial charge in [-0.15, -0.1) is 0 Å². The van der Waals surface area contributed by atoms with Crippen molar-refractivity contribution in [3.05, 3.63) is 29.8 Å². The molecule has 5 rings (SSSR count). The fraction of sp³-hybridized carbons (Fsp3) is 0.750. The molecule has 2 heteroatoms. The van der Waals surface area contributed by atoms with E-state index in [0.717, 1.165) is 29.9 Å². The Balaban J connectivity index is 1.47. The molecule has 4 bridgehead atoms. The molecule has 1 N–H and O–H groups in total. The first-order chi connectivity index (χ1) is 12.6. The molecule has 3 atom stereocenters. The van der Waals surface area contributed by atoms with Crippen molar-refractivity contribution < 1.29 is 9.84 Å². The Bertz CT molecular complexity index is 577. The smallest absolute Gasteiger partial charge is 0.118 e. The first-order valence-corrected chi connectivity index (χ1v) is 11.0. The molecule has 4 aliphatic rings. The molecule has 0 saturated heterocycles. The van der Waals surface area contributed by atoms with Crippen molar-refractivity contribution in [1.29, 1.82) is 0 Å². The van der Waals surface area contributed by atoms with Crippen LogP contribution >= 0.6 is 0 Å². The lowest BCUT2D eigenvalue weighted by Gasteiger charge is -2.61. The van der Waals surface area contributed by atoms with Crippen LogP contribution in [0.15, 0.2) is 24.3 Å². The molecule has 4 aliphatic carbocycles. The highest BCUT2D eigenvalue weighted by Gasteiger charge is 2.56. The van der Waals surface area contributed by atoms with Crippen molar-refractivity contribution >= 4 is 0 Å². The van der Waals surface area contributed by atoms with Gasteiger partial charge in [0.2, 0.25) is 0 Å². The highest BCUT2D eigenvalue weighted by atomic mass is 16.5. The highest BCUT2D eigenvalue weighted by molar-refractivity contribution is 5.35. The summed E-state index contributed by atoms with van der Waals surface area (Å²) in [6, 6.07) is 8.88.